The Morgan fingerprint density at radius 3 is 2.38 bits per heavy atom. The van der Waals surface area contributed by atoms with E-state index in [9.17, 15) is 20.0 Å². The molecule has 0 atom stereocenters. The molecule has 0 radical (unpaired) electrons. The highest BCUT2D eigenvalue weighted by atomic mass is 16.6. The van der Waals surface area contributed by atoms with Crippen LogP contribution in [0, 0.1) is 10.1 Å². The lowest BCUT2D eigenvalue weighted by molar-refractivity contribution is -0.384. The third-order valence-electron chi connectivity index (χ3n) is 4.37. The summed E-state index contributed by atoms with van der Waals surface area (Å²) in [4.78, 5) is 26.6. The van der Waals surface area contributed by atoms with Crippen molar-refractivity contribution in [3.63, 3.8) is 0 Å². The molecule has 1 heterocycles. The first-order valence-electron chi connectivity index (χ1n) is 8.67. The smallest absolute Gasteiger partial charge is 0.362 e. The van der Waals surface area contributed by atoms with Crippen molar-refractivity contribution in [3.05, 3.63) is 105 Å². The van der Waals surface area contributed by atoms with Gasteiger partial charge < -0.3 is 9.52 Å². The highest BCUT2D eigenvalue weighted by molar-refractivity contribution is 5.80. The number of rotatable bonds is 4. The van der Waals surface area contributed by atoms with Gasteiger partial charge in [-0.3, -0.25) is 10.1 Å². The number of hydrogen-bond donors (Lipinski definition) is 1. The lowest BCUT2D eigenvalue weighted by Crippen LogP contribution is -2.06. The van der Waals surface area contributed by atoms with Crippen LogP contribution >= 0.6 is 0 Å². The minimum atomic E-state index is -0.801. The number of nitro groups is 1. The van der Waals surface area contributed by atoms with Crippen molar-refractivity contribution >= 4 is 28.6 Å². The van der Waals surface area contributed by atoms with Gasteiger partial charge >= 0.3 is 5.63 Å². The molecule has 0 aliphatic rings. The van der Waals surface area contributed by atoms with Gasteiger partial charge in [-0.15, -0.1) is 0 Å². The van der Waals surface area contributed by atoms with Gasteiger partial charge in [-0.25, -0.2) is 9.78 Å². The molecule has 0 saturated heterocycles. The third kappa shape index (κ3) is 3.74. The Bertz CT molecular complexity index is 1290. The molecule has 0 aliphatic heterocycles. The summed E-state index contributed by atoms with van der Waals surface area (Å²) in [5.74, 6) is -0.148. The Morgan fingerprint density at radius 1 is 1.00 bits per heavy atom. The largest absolute Gasteiger partial charge is 0.507 e. The first kappa shape index (κ1) is 18.1. The fourth-order valence-corrected chi connectivity index (χ4v) is 2.89. The molecule has 142 valence electrons. The number of nitro benzene ring substituents is 1. The van der Waals surface area contributed by atoms with Crippen LogP contribution in [-0.2, 0) is 0 Å². The fraction of sp³-hybridized carbons (Fsp3) is 0. The van der Waals surface area contributed by atoms with Crippen LogP contribution in [0.2, 0.25) is 0 Å². The van der Waals surface area contributed by atoms with Crippen molar-refractivity contribution in [2.45, 2.75) is 0 Å². The third-order valence-corrected chi connectivity index (χ3v) is 4.37. The molecule has 0 bridgehead atoms. The van der Waals surface area contributed by atoms with E-state index in [1.165, 1.54) is 18.2 Å². The molecule has 4 rings (SSSR count). The van der Waals surface area contributed by atoms with Gasteiger partial charge in [0.15, 0.2) is 11.3 Å². The minimum Gasteiger partial charge on any atom is -0.507 e. The topological polar surface area (TPSA) is 106 Å². The summed E-state index contributed by atoms with van der Waals surface area (Å²) in [5.41, 5.74) is 1.73. The number of aromatic nitrogens is 1. The first-order valence-corrected chi connectivity index (χ1v) is 8.67. The van der Waals surface area contributed by atoms with Crippen molar-refractivity contribution in [2.75, 3.05) is 0 Å². The van der Waals surface area contributed by atoms with E-state index in [1.54, 1.807) is 12.1 Å². The summed E-state index contributed by atoms with van der Waals surface area (Å²) < 4.78 is 5.12. The standard InChI is InChI=1S/C22H14N2O5/c25-20(16-8-6-15(7-9-16)14-4-2-1-3-5-14)13-19-22(26)29-21-12-17(24(27)28)10-11-18(21)23-19/h1-13,25H/b20-13-. The quantitative estimate of drug-likeness (QED) is 0.306. The summed E-state index contributed by atoms with van der Waals surface area (Å²) in [6.07, 6.45) is 1.21. The van der Waals surface area contributed by atoms with Gasteiger partial charge in [0.05, 0.1) is 11.0 Å². The van der Waals surface area contributed by atoms with Crippen LogP contribution in [0.4, 0.5) is 5.69 Å². The Balaban J connectivity index is 1.67. The van der Waals surface area contributed by atoms with Crippen LogP contribution in [0.15, 0.2) is 82.0 Å². The van der Waals surface area contributed by atoms with Crippen LogP contribution < -0.4 is 5.63 Å². The zero-order valence-electron chi connectivity index (χ0n) is 15.0. The summed E-state index contributed by atoms with van der Waals surface area (Å²) in [6.45, 7) is 0. The van der Waals surface area contributed by atoms with E-state index in [0.717, 1.165) is 17.2 Å². The van der Waals surface area contributed by atoms with Gasteiger partial charge in [0.25, 0.3) is 5.69 Å². The minimum absolute atomic E-state index is 0.00746. The van der Waals surface area contributed by atoms with Crippen molar-refractivity contribution in [1.82, 2.24) is 4.98 Å². The van der Waals surface area contributed by atoms with E-state index in [-0.39, 0.29) is 28.2 Å². The SMILES string of the molecule is O=c1oc2cc([N+](=O)[O-])ccc2nc1/C=C(\O)c1ccc(-c2ccccc2)cc1. The van der Waals surface area contributed by atoms with Gasteiger partial charge in [-0.2, -0.15) is 0 Å². The molecule has 0 amide bonds. The molecule has 7 nitrogen and oxygen atoms in total. The van der Waals surface area contributed by atoms with Crippen LogP contribution in [0.5, 0.6) is 0 Å². The number of nitrogens with zero attached hydrogens (tertiary/aromatic N) is 2. The number of non-ortho nitro benzene ring substituents is 1. The van der Waals surface area contributed by atoms with E-state index in [4.69, 9.17) is 4.42 Å². The monoisotopic (exact) mass is 386 g/mol. The average Bonchev–Trinajstić information content (AvgIpc) is 2.74. The first-order chi connectivity index (χ1) is 14.0. The molecule has 0 unspecified atom stereocenters. The van der Waals surface area contributed by atoms with E-state index >= 15 is 0 Å². The molecular formula is C22H14N2O5. The summed E-state index contributed by atoms with van der Waals surface area (Å²) >= 11 is 0. The molecule has 0 fully saturated rings. The second kappa shape index (κ2) is 7.40. The molecule has 7 heteroatoms. The van der Waals surface area contributed by atoms with Gasteiger partial charge in [-0.1, -0.05) is 54.6 Å². The van der Waals surface area contributed by atoms with Crippen molar-refractivity contribution in [2.24, 2.45) is 0 Å². The van der Waals surface area contributed by atoms with Crippen molar-refractivity contribution in [1.29, 1.82) is 0 Å². The van der Waals surface area contributed by atoms with Gasteiger partial charge in [0.2, 0.25) is 0 Å². The highest BCUT2D eigenvalue weighted by Crippen LogP contribution is 2.23. The number of hydrogen-bond acceptors (Lipinski definition) is 6. The molecule has 0 saturated carbocycles. The van der Waals surface area contributed by atoms with Crippen LogP contribution in [0.3, 0.4) is 0 Å². The molecule has 0 aliphatic carbocycles. The maximum Gasteiger partial charge on any atom is 0.362 e. The lowest BCUT2D eigenvalue weighted by atomic mass is 10.0. The number of aliphatic hydroxyl groups is 1. The average molecular weight is 386 g/mol. The van der Waals surface area contributed by atoms with E-state index in [1.807, 2.05) is 42.5 Å². The Labute approximate surface area is 164 Å². The number of fused-ring (bicyclic) bond motifs is 1. The molecule has 29 heavy (non-hydrogen) atoms. The Kier molecular flexibility index (Phi) is 4.62. The summed E-state index contributed by atoms with van der Waals surface area (Å²) in [6, 6.07) is 20.8. The molecule has 1 N–H and O–H groups in total. The maximum absolute atomic E-state index is 12.2. The molecular weight excluding hydrogens is 372 g/mol. The van der Waals surface area contributed by atoms with Gasteiger partial charge in [0.1, 0.15) is 11.3 Å². The fourth-order valence-electron chi connectivity index (χ4n) is 2.89. The second-order valence-electron chi connectivity index (χ2n) is 6.27. The Morgan fingerprint density at radius 2 is 1.69 bits per heavy atom. The van der Waals surface area contributed by atoms with Crippen LogP contribution in [-0.4, -0.2) is 15.0 Å². The van der Waals surface area contributed by atoms with Crippen molar-refractivity contribution < 1.29 is 14.4 Å². The van der Waals surface area contributed by atoms with Crippen LogP contribution in [0.1, 0.15) is 11.3 Å². The van der Waals surface area contributed by atoms with E-state index in [2.05, 4.69) is 4.98 Å². The highest BCUT2D eigenvalue weighted by Gasteiger charge is 2.12. The zero-order chi connectivity index (χ0) is 20.4. The van der Waals surface area contributed by atoms with E-state index in [0.29, 0.717) is 5.56 Å². The Hall–Kier alpha value is -4.26. The molecule has 3 aromatic carbocycles. The van der Waals surface area contributed by atoms with Crippen LogP contribution in [0.25, 0.3) is 34.1 Å². The predicted octanol–water partition coefficient (Wildman–Crippen LogP) is 4.82. The molecule has 0 spiro atoms. The summed E-state index contributed by atoms with van der Waals surface area (Å²) in [7, 11) is 0. The van der Waals surface area contributed by atoms with Gasteiger partial charge in [-0.05, 0) is 17.2 Å². The zero-order valence-corrected chi connectivity index (χ0v) is 15.0. The molecule has 4 aromatic rings. The second-order valence-corrected chi connectivity index (χ2v) is 6.27. The van der Waals surface area contributed by atoms with Gasteiger partial charge in [0, 0.05) is 17.7 Å². The predicted molar refractivity (Wildman–Crippen MR) is 109 cm³/mol. The normalized spacial score (nSPS) is 11.5. The summed E-state index contributed by atoms with van der Waals surface area (Å²) in [5, 5.41) is 21.2. The molecule has 1 aromatic heterocycles. The van der Waals surface area contributed by atoms with Crippen molar-refractivity contribution in [3.8, 4) is 11.1 Å². The lowest BCUT2D eigenvalue weighted by Gasteiger charge is -2.04. The van der Waals surface area contributed by atoms with E-state index < -0.39 is 10.5 Å². The number of aliphatic hydroxyl groups excluding tert-OH is 1. The maximum atomic E-state index is 12.2. The number of benzene rings is 3.